The number of carbonyl (C=O) groups excluding carboxylic acids is 2. The predicted molar refractivity (Wildman–Crippen MR) is 116 cm³/mol. The SMILES string of the molecule is O=C1NC(=S)N(c2ccc(Cl)cc2)C(=O)/C1=C/c1csc2ccc([N+](=O)[O-])cc12. The first-order valence-corrected chi connectivity index (χ1v) is 9.84. The molecule has 0 radical (unpaired) electrons. The molecular weight excluding hydrogens is 434 g/mol. The summed E-state index contributed by atoms with van der Waals surface area (Å²) in [7, 11) is 0. The molecule has 10 heteroatoms. The van der Waals surface area contributed by atoms with Gasteiger partial charge in [0, 0.05) is 27.2 Å². The summed E-state index contributed by atoms with van der Waals surface area (Å²) in [6.07, 6.45) is 1.42. The first-order chi connectivity index (χ1) is 13.8. The first kappa shape index (κ1) is 19.2. The minimum atomic E-state index is -0.630. The van der Waals surface area contributed by atoms with Crippen molar-refractivity contribution in [3.05, 3.63) is 74.1 Å². The second kappa shape index (κ2) is 7.36. The molecule has 0 spiro atoms. The lowest BCUT2D eigenvalue weighted by atomic mass is 10.1. The number of benzene rings is 2. The Hall–Kier alpha value is -3.14. The van der Waals surface area contributed by atoms with Gasteiger partial charge in [0.05, 0.1) is 10.6 Å². The summed E-state index contributed by atoms with van der Waals surface area (Å²) in [5.74, 6) is -1.22. The number of halogens is 1. The summed E-state index contributed by atoms with van der Waals surface area (Å²) >= 11 is 12.4. The van der Waals surface area contributed by atoms with E-state index in [9.17, 15) is 19.7 Å². The summed E-state index contributed by atoms with van der Waals surface area (Å²) in [4.78, 5) is 37.3. The molecule has 3 aromatic rings. The van der Waals surface area contributed by atoms with Gasteiger partial charge in [-0.3, -0.25) is 29.9 Å². The van der Waals surface area contributed by atoms with Crippen LogP contribution in [0.5, 0.6) is 0 Å². The standard InChI is InChI=1S/C19H10ClN3O4S2/c20-11-1-3-12(4-2-11)22-18(25)15(17(24)21-19(22)28)7-10-9-29-16-6-5-13(23(26)27)8-14(10)16/h1-9H,(H,21,24,28)/b15-7+. The monoisotopic (exact) mass is 443 g/mol. The normalized spacial score (nSPS) is 15.8. The van der Waals surface area contributed by atoms with Crippen LogP contribution in [0.25, 0.3) is 16.2 Å². The van der Waals surface area contributed by atoms with Crippen LogP contribution in [0.1, 0.15) is 5.56 Å². The molecule has 1 aliphatic rings. The summed E-state index contributed by atoms with van der Waals surface area (Å²) in [6, 6.07) is 10.9. The number of nitro groups is 1. The maximum Gasteiger partial charge on any atom is 0.270 e. The number of nitrogens with zero attached hydrogens (tertiary/aromatic N) is 2. The van der Waals surface area contributed by atoms with E-state index in [0.29, 0.717) is 21.7 Å². The molecule has 29 heavy (non-hydrogen) atoms. The Kier molecular flexibility index (Phi) is 4.87. The topological polar surface area (TPSA) is 92.6 Å². The van der Waals surface area contributed by atoms with Gasteiger partial charge in [-0.15, -0.1) is 11.3 Å². The highest BCUT2D eigenvalue weighted by Gasteiger charge is 2.34. The van der Waals surface area contributed by atoms with Crippen molar-refractivity contribution in [2.75, 3.05) is 4.90 Å². The van der Waals surface area contributed by atoms with Gasteiger partial charge in [-0.25, -0.2) is 0 Å². The van der Waals surface area contributed by atoms with Gasteiger partial charge in [-0.2, -0.15) is 0 Å². The summed E-state index contributed by atoms with van der Waals surface area (Å²) in [5, 5.41) is 16.4. The van der Waals surface area contributed by atoms with Crippen LogP contribution in [0, 0.1) is 10.1 Å². The molecule has 0 aliphatic carbocycles. The lowest BCUT2D eigenvalue weighted by Crippen LogP contribution is -2.54. The molecule has 0 unspecified atom stereocenters. The quantitative estimate of drug-likeness (QED) is 0.214. The van der Waals surface area contributed by atoms with Crippen molar-refractivity contribution in [3.63, 3.8) is 0 Å². The summed E-state index contributed by atoms with van der Waals surface area (Å²) < 4.78 is 0.802. The Bertz CT molecular complexity index is 1230. The van der Waals surface area contributed by atoms with E-state index in [1.807, 2.05) is 0 Å². The van der Waals surface area contributed by atoms with E-state index < -0.39 is 16.7 Å². The lowest BCUT2D eigenvalue weighted by molar-refractivity contribution is -0.384. The van der Waals surface area contributed by atoms with Gasteiger partial charge < -0.3 is 0 Å². The zero-order valence-corrected chi connectivity index (χ0v) is 16.8. The zero-order chi connectivity index (χ0) is 20.7. The lowest BCUT2D eigenvalue weighted by Gasteiger charge is -2.28. The van der Waals surface area contributed by atoms with Crippen molar-refractivity contribution in [1.29, 1.82) is 0 Å². The molecule has 2 aromatic carbocycles. The van der Waals surface area contributed by atoms with Crippen molar-refractivity contribution in [2.45, 2.75) is 0 Å². The van der Waals surface area contributed by atoms with Gasteiger partial charge in [0.25, 0.3) is 17.5 Å². The molecule has 1 aliphatic heterocycles. The van der Waals surface area contributed by atoms with E-state index in [-0.39, 0.29) is 16.4 Å². The highest BCUT2D eigenvalue weighted by molar-refractivity contribution is 7.80. The van der Waals surface area contributed by atoms with E-state index in [2.05, 4.69) is 5.32 Å². The molecule has 2 heterocycles. The maximum atomic E-state index is 13.0. The van der Waals surface area contributed by atoms with Crippen LogP contribution in [0.4, 0.5) is 11.4 Å². The highest BCUT2D eigenvalue weighted by Crippen LogP contribution is 2.32. The first-order valence-electron chi connectivity index (χ1n) is 8.18. The van der Waals surface area contributed by atoms with Crippen LogP contribution in [-0.2, 0) is 9.59 Å². The number of fused-ring (bicyclic) bond motifs is 1. The van der Waals surface area contributed by atoms with Gasteiger partial charge in [-0.05, 0) is 59.6 Å². The van der Waals surface area contributed by atoms with Gasteiger partial charge >= 0.3 is 0 Å². The van der Waals surface area contributed by atoms with Gasteiger partial charge in [0.15, 0.2) is 5.11 Å². The van der Waals surface area contributed by atoms with Crippen molar-refractivity contribution in [3.8, 4) is 0 Å². The van der Waals surface area contributed by atoms with Crippen LogP contribution in [0.2, 0.25) is 5.02 Å². The number of nitro benzene ring substituents is 1. The average molecular weight is 444 g/mol. The molecule has 144 valence electrons. The number of thiocarbonyl (C=S) groups is 1. The number of carbonyl (C=O) groups is 2. The third kappa shape index (κ3) is 3.51. The summed E-state index contributed by atoms with van der Waals surface area (Å²) in [5.41, 5.74) is 0.802. The molecule has 1 fully saturated rings. The third-order valence-corrected chi connectivity index (χ3v) is 5.80. The Balaban J connectivity index is 1.79. The fourth-order valence-electron chi connectivity index (χ4n) is 2.90. The van der Waals surface area contributed by atoms with Crippen LogP contribution in [-0.4, -0.2) is 21.9 Å². The third-order valence-electron chi connectivity index (χ3n) is 4.28. The zero-order valence-electron chi connectivity index (χ0n) is 14.4. The van der Waals surface area contributed by atoms with Gasteiger partial charge in [-0.1, -0.05) is 11.6 Å². The molecule has 0 bridgehead atoms. The molecule has 0 atom stereocenters. The van der Waals surface area contributed by atoms with Gasteiger partial charge in [0.2, 0.25) is 0 Å². The predicted octanol–water partition coefficient (Wildman–Crippen LogP) is 4.29. The molecule has 7 nitrogen and oxygen atoms in total. The van der Waals surface area contributed by atoms with E-state index in [0.717, 1.165) is 4.70 Å². The van der Waals surface area contributed by atoms with Crippen molar-refractivity contribution in [1.82, 2.24) is 5.32 Å². The molecule has 1 N–H and O–H groups in total. The van der Waals surface area contributed by atoms with Crippen LogP contribution >= 0.6 is 35.2 Å². The van der Waals surface area contributed by atoms with Crippen LogP contribution in [0.3, 0.4) is 0 Å². The molecule has 0 saturated carbocycles. The number of hydrogen-bond donors (Lipinski definition) is 1. The number of amides is 2. The molecule has 1 saturated heterocycles. The van der Waals surface area contributed by atoms with Crippen molar-refractivity contribution >= 4 is 79.6 Å². The summed E-state index contributed by atoms with van der Waals surface area (Å²) in [6.45, 7) is 0. The molecule has 2 amide bonds. The smallest absolute Gasteiger partial charge is 0.270 e. The second-order valence-electron chi connectivity index (χ2n) is 6.06. The minimum Gasteiger partial charge on any atom is -0.298 e. The molecular formula is C19H10ClN3O4S2. The Morgan fingerprint density at radius 2 is 1.90 bits per heavy atom. The Morgan fingerprint density at radius 1 is 1.17 bits per heavy atom. The van der Waals surface area contributed by atoms with Gasteiger partial charge in [0.1, 0.15) is 5.57 Å². The number of hydrogen-bond acceptors (Lipinski definition) is 6. The number of rotatable bonds is 3. The minimum absolute atomic E-state index is 0.0368. The van der Waals surface area contributed by atoms with Crippen molar-refractivity contribution < 1.29 is 14.5 Å². The van der Waals surface area contributed by atoms with Crippen molar-refractivity contribution in [2.24, 2.45) is 0 Å². The Labute approximate surface area is 178 Å². The number of non-ortho nitro benzene ring substituents is 1. The number of nitrogens with one attached hydrogen (secondary N) is 1. The fraction of sp³-hybridized carbons (Fsp3) is 0. The maximum absolute atomic E-state index is 13.0. The number of anilines is 1. The second-order valence-corrected chi connectivity index (χ2v) is 7.80. The number of thiophene rings is 1. The fourth-order valence-corrected chi connectivity index (χ4v) is 4.21. The van der Waals surface area contributed by atoms with Crippen LogP contribution < -0.4 is 10.2 Å². The average Bonchev–Trinajstić information content (AvgIpc) is 3.08. The highest BCUT2D eigenvalue weighted by atomic mass is 35.5. The Morgan fingerprint density at radius 3 is 2.59 bits per heavy atom. The van der Waals surface area contributed by atoms with Crippen LogP contribution in [0.15, 0.2) is 53.4 Å². The van der Waals surface area contributed by atoms with E-state index in [1.54, 1.807) is 35.7 Å². The van der Waals surface area contributed by atoms with E-state index in [1.165, 1.54) is 34.4 Å². The van der Waals surface area contributed by atoms with E-state index in [4.69, 9.17) is 23.8 Å². The molecule has 1 aromatic heterocycles. The van der Waals surface area contributed by atoms with E-state index >= 15 is 0 Å². The largest absolute Gasteiger partial charge is 0.298 e. The molecule has 4 rings (SSSR count).